The molecule has 1 atom stereocenters. The van der Waals surface area contributed by atoms with Crippen molar-refractivity contribution in [3.63, 3.8) is 0 Å². The molecule has 0 heterocycles. The topological polar surface area (TPSA) is 116 Å². The molecule has 4 N–H and O–H groups in total. The average molecular weight is 485 g/mol. The molecule has 0 spiro atoms. The molecule has 2 aromatic carbocycles. The Hall–Kier alpha value is -2.41. The van der Waals surface area contributed by atoms with Gasteiger partial charge in [-0.15, -0.1) is 0 Å². The number of nitrogens with one attached hydrogen (secondary N) is 2. The molecule has 0 aliphatic heterocycles. The lowest BCUT2D eigenvalue weighted by Gasteiger charge is -2.25. The van der Waals surface area contributed by atoms with Crippen LogP contribution in [0.25, 0.3) is 0 Å². The molecule has 0 aliphatic carbocycles. The number of carbonyl (C=O) groups is 1. The number of rotatable bonds is 7. The van der Waals surface area contributed by atoms with E-state index in [1.165, 1.54) is 0 Å². The van der Waals surface area contributed by atoms with Crippen LogP contribution in [0, 0.1) is 5.82 Å². The molecule has 1 unspecified atom stereocenters. The Balaban J connectivity index is 2.32. The molecular formula is C18H17ClF4N2O5S. The van der Waals surface area contributed by atoms with Gasteiger partial charge in [0.25, 0.3) is 5.91 Å². The summed E-state index contributed by atoms with van der Waals surface area (Å²) in [6.07, 6.45) is -5.25. The highest BCUT2D eigenvalue weighted by atomic mass is 35.5. The normalized spacial score (nSPS) is 14.1. The minimum Gasteiger partial charge on any atom is -0.395 e. The fourth-order valence-electron chi connectivity index (χ4n) is 2.27. The average Bonchev–Trinajstić information content (AvgIpc) is 2.67. The fraction of sp³-hybridized carbons (Fsp3) is 0.278. The Kier molecular flexibility index (Phi) is 7.21. The van der Waals surface area contributed by atoms with E-state index in [-0.39, 0.29) is 31.5 Å². The second-order valence-electron chi connectivity index (χ2n) is 6.46. The number of hydrogen-bond donors (Lipinski definition) is 4. The van der Waals surface area contributed by atoms with Gasteiger partial charge in [-0.3, -0.25) is 4.79 Å². The summed E-state index contributed by atoms with van der Waals surface area (Å²) in [4.78, 5) is 10.9. The summed E-state index contributed by atoms with van der Waals surface area (Å²) in [6, 6.07) is 5.78. The lowest BCUT2D eigenvalue weighted by atomic mass is 10.1. The van der Waals surface area contributed by atoms with Crippen LogP contribution in [0.15, 0.2) is 46.2 Å². The van der Waals surface area contributed by atoms with E-state index >= 15 is 0 Å². The largest absolute Gasteiger partial charge is 0.426 e. The second-order valence-corrected chi connectivity index (χ2v) is 8.82. The SMILES string of the molecule is CC(O)(C(=O)Nc1ccc(S(=O)(=O)c2ccc(NCCO)c(F)c2)cc1Cl)C(F)(F)F. The Bertz CT molecular complexity index is 1090. The number of alkyl halides is 3. The number of carbonyl (C=O) groups excluding carboxylic acids is 1. The highest BCUT2D eigenvalue weighted by Gasteiger charge is 2.55. The summed E-state index contributed by atoms with van der Waals surface area (Å²) in [6.45, 7) is 0.0367. The fourth-order valence-corrected chi connectivity index (χ4v) is 3.86. The number of benzene rings is 2. The number of hydrogen-bond acceptors (Lipinski definition) is 6. The zero-order chi connectivity index (χ0) is 23.6. The smallest absolute Gasteiger partial charge is 0.395 e. The van der Waals surface area contributed by atoms with Crippen molar-refractivity contribution in [2.45, 2.75) is 28.5 Å². The van der Waals surface area contributed by atoms with E-state index in [0.29, 0.717) is 0 Å². The Morgan fingerprint density at radius 1 is 1.10 bits per heavy atom. The number of amides is 1. The van der Waals surface area contributed by atoms with Gasteiger partial charge < -0.3 is 20.8 Å². The van der Waals surface area contributed by atoms with Crippen molar-refractivity contribution in [1.82, 2.24) is 0 Å². The van der Waals surface area contributed by atoms with Crippen molar-refractivity contribution in [3.8, 4) is 0 Å². The first-order valence-corrected chi connectivity index (χ1v) is 10.4. The summed E-state index contributed by atoms with van der Waals surface area (Å²) < 4.78 is 77.8. The van der Waals surface area contributed by atoms with Crippen LogP contribution >= 0.6 is 11.6 Å². The van der Waals surface area contributed by atoms with Gasteiger partial charge >= 0.3 is 6.18 Å². The monoisotopic (exact) mass is 484 g/mol. The van der Waals surface area contributed by atoms with Crippen molar-refractivity contribution in [2.24, 2.45) is 0 Å². The number of aliphatic hydroxyl groups excluding tert-OH is 1. The molecule has 2 aromatic rings. The van der Waals surface area contributed by atoms with Crippen LogP contribution in [0.3, 0.4) is 0 Å². The molecule has 7 nitrogen and oxygen atoms in total. The molecule has 0 saturated heterocycles. The zero-order valence-corrected chi connectivity index (χ0v) is 17.4. The summed E-state index contributed by atoms with van der Waals surface area (Å²) in [5.74, 6) is -2.70. The van der Waals surface area contributed by atoms with Gasteiger partial charge in [0, 0.05) is 6.54 Å². The van der Waals surface area contributed by atoms with Gasteiger partial charge in [-0.1, -0.05) is 11.6 Å². The number of anilines is 2. The maximum atomic E-state index is 14.1. The highest BCUT2D eigenvalue weighted by molar-refractivity contribution is 7.91. The third-order valence-corrected chi connectivity index (χ3v) is 6.23. The number of sulfone groups is 1. The molecule has 31 heavy (non-hydrogen) atoms. The van der Waals surface area contributed by atoms with E-state index in [4.69, 9.17) is 16.7 Å². The Labute approximate surface area is 179 Å². The van der Waals surface area contributed by atoms with E-state index in [1.807, 2.05) is 0 Å². The van der Waals surface area contributed by atoms with Crippen LogP contribution in [0.4, 0.5) is 28.9 Å². The van der Waals surface area contributed by atoms with Gasteiger partial charge in [0.2, 0.25) is 15.4 Å². The molecule has 0 radical (unpaired) electrons. The van der Waals surface area contributed by atoms with Gasteiger partial charge in [-0.2, -0.15) is 13.2 Å². The first kappa shape index (κ1) is 24.9. The minimum atomic E-state index is -5.25. The van der Waals surface area contributed by atoms with Crippen molar-refractivity contribution in [3.05, 3.63) is 47.2 Å². The van der Waals surface area contributed by atoms with Crippen LogP contribution in [0.1, 0.15) is 6.92 Å². The van der Waals surface area contributed by atoms with Crippen LogP contribution < -0.4 is 10.6 Å². The third kappa shape index (κ3) is 5.26. The van der Waals surface area contributed by atoms with Crippen molar-refractivity contribution >= 4 is 38.7 Å². The minimum absolute atomic E-state index is 0.0270. The maximum absolute atomic E-state index is 14.1. The van der Waals surface area contributed by atoms with Gasteiger partial charge in [-0.25, -0.2) is 12.8 Å². The third-order valence-electron chi connectivity index (χ3n) is 4.17. The molecule has 13 heteroatoms. The zero-order valence-electron chi connectivity index (χ0n) is 15.8. The summed E-state index contributed by atoms with van der Waals surface area (Å²) in [5.41, 5.74) is -4.10. The Morgan fingerprint density at radius 2 is 1.65 bits per heavy atom. The maximum Gasteiger partial charge on any atom is 0.426 e. The van der Waals surface area contributed by atoms with Crippen molar-refractivity contribution < 1.29 is 41.0 Å². The number of aliphatic hydroxyl groups is 2. The highest BCUT2D eigenvalue weighted by Crippen LogP contribution is 2.33. The van der Waals surface area contributed by atoms with Crippen LogP contribution in [-0.2, 0) is 14.6 Å². The summed E-state index contributed by atoms with van der Waals surface area (Å²) >= 11 is 5.90. The van der Waals surface area contributed by atoms with E-state index < -0.39 is 48.2 Å². The lowest BCUT2D eigenvalue weighted by molar-refractivity contribution is -0.242. The van der Waals surface area contributed by atoms with Crippen molar-refractivity contribution in [1.29, 1.82) is 0 Å². The molecular weight excluding hydrogens is 468 g/mol. The van der Waals surface area contributed by atoms with Gasteiger partial charge in [-0.05, 0) is 43.3 Å². The van der Waals surface area contributed by atoms with Gasteiger partial charge in [0.1, 0.15) is 5.82 Å². The van der Waals surface area contributed by atoms with E-state index in [1.54, 1.807) is 5.32 Å². The van der Waals surface area contributed by atoms with Crippen LogP contribution in [0.2, 0.25) is 5.02 Å². The standard InChI is InChI=1S/C18H17ClF4N2O5S/c1-17(28,18(21,22)23)16(27)25-14-4-2-10(8-12(14)19)31(29,30)11-3-5-15(13(20)9-11)24-6-7-26/h2-5,8-9,24,26,28H,6-7H2,1H3,(H,25,27). The Morgan fingerprint density at radius 3 is 2.13 bits per heavy atom. The van der Waals surface area contributed by atoms with E-state index in [9.17, 15) is 35.9 Å². The van der Waals surface area contributed by atoms with Crippen LogP contribution in [0.5, 0.6) is 0 Å². The van der Waals surface area contributed by atoms with Crippen molar-refractivity contribution in [2.75, 3.05) is 23.8 Å². The molecule has 170 valence electrons. The summed E-state index contributed by atoms with van der Waals surface area (Å²) in [5, 5.41) is 22.0. The first-order valence-electron chi connectivity index (χ1n) is 8.51. The summed E-state index contributed by atoms with van der Waals surface area (Å²) in [7, 11) is -4.26. The predicted molar refractivity (Wildman–Crippen MR) is 104 cm³/mol. The molecule has 2 rings (SSSR count). The number of halogens is 5. The molecule has 0 fully saturated rings. The van der Waals surface area contributed by atoms with Crippen LogP contribution in [-0.4, -0.2) is 49.5 Å². The second kappa shape index (κ2) is 8.99. The lowest BCUT2D eigenvalue weighted by Crippen LogP contribution is -2.52. The molecule has 0 aliphatic rings. The quantitative estimate of drug-likeness (QED) is 0.449. The molecule has 0 aromatic heterocycles. The molecule has 1 amide bonds. The van der Waals surface area contributed by atoms with E-state index in [2.05, 4.69) is 5.32 Å². The first-order chi connectivity index (χ1) is 14.2. The van der Waals surface area contributed by atoms with Gasteiger partial charge in [0.15, 0.2) is 0 Å². The van der Waals surface area contributed by atoms with E-state index in [0.717, 1.165) is 36.4 Å². The van der Waals surface area contributed by atoms with Gasteiger partial charge in [0.05, 0.1) is 32.8 Å². The predicted octanol–water partition coefficient (Wildman–Crippen LogP) is 2.97. The molecule has 0 bridgehead atoms. The molecule has 0 saturated carbocycles.